The summed E-state index contributed by atoms with van der Waals surface area (Å²) in [6.07, 6.45) is 2.23. The monoisotopic (exact) mass is 395 g/mol. The van der Waals surface area contributed by atoms with Gasteiger partial charge in [-0.2, -0.15) is 5.10 Å². The number of nitrogens with zero attached hydrogens (tertiary/aromatic N) is 3. The summed E-state index contributed by atoms with van der Waals surface area (Å²) in [6, 6.07) is 4.08. The van der Waals surface area contributed by atoms with Crippen LogP contribution in [0.2, 0.25) is 5.02 Å². The van der Waals surface area contributed by atoms with E-state index < -0.39 is 15.6 Å². The summed E-state index contributed by atoms with van der Waals surface area (Å²) in [5.41, 5.74) is 0.522. The van der Waals surface area contributed by atoms with E-state index in [1.807, 2.05) is 0 Å². The number of aryl methyl sites for hydroxylation is 2. The van der Waals surface area contributed by atoms with Crippen molar-refractivity contribution in [1.82, 2.24) is 14.9 Å². The predicted molar refractivity (Wildman–Crippen MR) is 93.1 cm³/mol. The van der Waals surface area contributed by atoms with Crippen LogP contribution in [0.5, 0.6) is 5.88 Å². The molecule has 0 bridgehead atoms. The molecule has 136 valence electrons. The predicted octanol–water partition coefficient (Wildman–Crippen LogP) is 2.38. The highest BCUT2D eigenvalue weighted by atomic mass is 35.5. The van der Waals surface area contributed by atoms with Crippen LogP contribution in [0.25, 0.3) is 11.3 Å². The second-order valence-electron chi connectivity index (χ2n) is 5.74. The van der Waals surface area contributed by atoms with Crippen molar-refractivity contribution in [3.8, 4) is 17.2 Å². The van der Waals surface area contributed by atoms with Crippen molar-refractivity contribution in [2.45, 2.75) is 11.8 Å². The Balaban J connectivity index is 2.27. The van der Waals surface area contributed by atoms with Crippen LogP contribution in [0.4, 0.5) is 0 Å². The van der Waals surface area contributed by atoms with Crippen molar-refractivity contribution in [2.24, 2.45) is 7.05 Å². The van der Waals surface area contributed by atoms with Crippen molar-refractivity contribution in [3.05, 3.63) is 46.2 Å². The van der Waals surface area contributed by atoms with Gasteiger partial charge in [0.2, 0.25) is 11.7 Å². The minimum absolute atomic E-state index is 0.00594. The Kier molecular flexibility index (Phi) is 4.37. The number of ketones is 1. The van der Waals surface area contributed by atoms with E-state index in [0.717, 1.165) is 10.9 Å². The highest BCUT2D eigenvalue weighted by Gasteiger charge is 2.27. The molecule has 1 N–H and O–H groups in total. The molecule has 2 heterocycles. The molecule has 3 aromatic rings. The Morgan fingerprint density at radius 3 is 2.50 bits per heavy atom. The Hall–Kier alpha value is -2.65. The number of halogens is 1. The summed E-state index contributed by atoms with van der Waals surface area (Å²) in [7, 11) is -2.18. The summed E-state index contributed by atoms with van der Waals surface area (Å²) >= 11 is 6.39. The van der Waals surface area contributed by atoms with Crippen LogP contribution in [-0.2, 0) is 16.9 Å². The molecule has 0 aliphatic rings. The highest BCUT2D eigenvalue weighted by molar-refractivity contribution is 7.90. The average molecular weight is 396 g/mol. The molecule has 8 nitrogen and oxygen atoms in total. The molecule has 0 amide bonds. The smallest absolute Gasteiger partial charge is 0.220 e. The number of carbonyl (C=O) groups is 1. The number of rotatable bonds is 4. The Labute approximate surface area is 153 Å². The second kappa shape index (κ2) is 6.26. The number of sulfone groups is 1. The number of carbonyl (C=O) groups excluding carboxylic acids is 1. The largest absolute Gasteiger partial charge is 0.493 e. The van der Waals surface area contributed by atoms with Crippen LogP contribution in [0, 0.1) is 6.92 Å². The average Bonchev–Trinajstić information content (AvgIpc) is 3.12. The maximum absolute atomic E-state index is 12.8. The quantitative estimate of drug-likeness (QED) is 0.674. The molecule has 2 aromatic heterocycles. The van der Waals surface area contributed by atoms with E-state index in [1.54, 1.807) is 6.92 Å². The number of aromatic nitrogens is 3. The molecule has 26 heavy (non-hydrogen) atoms. The van der Waals surface area contributed by atoms with E-state index in [4.69, 9.17) is 16.1 Å². The molecule has 3 rings (SSSR count). The van der Waals surface area contributed by atoms with E-state index in [9.17, 15) is 18.3 Å². The number of benzene rings is 1. The lowest BCUT2D eigenvalue weighted by Crippen LogP contribution is -2.06. The molecule has 0 aliphatic heterocycles. The van der Waals surface area contributed by atoms with E-state index in [-0.39, 0.29) is 38.2 Å². The Bertz CT molecular complexity index is 1130. The van der Waals surface area contributed by atoms with Gasteiger partial charge in [0, 0.05) is 24.9 Å². The SMILES string of the molecule is Cc1cc(-c2c(S(C)(=O)=O)ccc(C(=O)c3cnn(C)c3O)c2Cl)on1. The van der Waals surface area contributed by atoms with E-state index in [2.05, 4.69) is 10.3 Å². The van der Waals surface area contributed by atoms with Crippen LogP contribution >= 0.6 is 11.6 Å². The third-order valence-electron chi connectivity index (χ3n) is 3.77. The van der Waals surface area contributed by atoms with Gasteiger partial charge >= 0.3 is 0 Å². The number of aromatic hydroxyl groups is 1. The van der Waals surface area contributed by atoms with Crippen LogP contribution in [-0.4, -0.2) is 40.5 Å². The summed E-state index contributed by atoms with van der Waals surface area (Å²) in [5.74, 6) is -0.800. The van der Waals surface area contributed by atoms with Gasteiger partial charge in [0.15, 0.2) is 15.6 Å². The van der Waals surface area contributed by atoms with Crippen molar-refractivity contribution >= 4 is 27.2 Å². The van der Waals surface area contributed by atoms with Crippen LogP contribution < -0.4 is 0 Å². The van der Waals surface area contributed by atoms with Crippen molar-refractivity contribution in [3.63, 3.8) is 0 Å². The molecule has 0 atom stereocenters. The fourth-order valence-corrected chi connectivity index (χ4v) is 3.78. The van der Waals surface area contributed by atoms with E-state index >= 15 is 0 Å². The third-order valence-corrected chi connectivity index (χ3v) is 5.31. The molecule has 0 fully saturated rings. The van der Waals surface area contributed by atoms with Gasteiger partial charge in [-0.15, -0.1) is 0 Å². The van der Waals surface area contributed by atoms with Crippen molar-refractivity contribution in [1.29, 1.82) is 0 Å². The molecule has 0 aliphatic carbocycles. The number of hydrogen-bond donors (Lipinski definition) is 1. The van der Waals surface area contributed by atoms with Gasteiger partial charge in [0.1, 0.15) is 5.56 Å². The highest BCUT2D eigenvalue weighted by Crippen LogP contribution is 2.38. The van der Waals surface area contributed by atoms with Gasteiger partial charge in [0.05, 0.1) is 27.4 Å². The second-order valence-corrected chi connectivity index (χ2v) is 8.10. The molecular formula is C16H14ClN3O5S. The molecule has 0 spiro atoms. The first-order valence-electron chi connectivity index (χ1n) is 7.33. The van der Waals surface area contributed by atoms with Crippen LogP contribution in [0.15, 0.2) is 33.8 Å². The first-order valence-corrected chi connectivity index (χ1v) is 9.60. The van der Waals surface area contributed by atoms with Gasteiger partial charge in [-0.05, 0) is 19.1 Å². The zero-order chi connectivity index (χ0) is 19.2. The zero-order valence-corrected chi connectivity index (χ0v) is 15.6. The van der Waals surface area contributed by atoms with Gasteiger partial charge in [-0.25, -0.2) is 13.1 Å². The standard InChI is InChI=1S/C16H14ClN3O5S/c1-8-6-11(25-19-8)13-12(26(3,23)24)5-4-9(14(13)17)15(21)10-7-18-20(2)16(10)22/h4-7,22H,1-3H3. The molecule has 0 radical (unpaired) electrons. The molecule has 0 unspecified atom stereocenters. The van der Waals surface area contributed by atoms with Gasteiger partial charge in [-0.1, -0.05) is 16.8 Å². The Morgan fingerprint density at radius 1 is 1.31 bits per heavy atom. The van der Waals surface area contributed by atoms with E-state index in [1.165, 1.54) is 31.4 Å². The van der Waals surface area contributed by atoms with Gasteiger partial charge < -0.3 is 9.63 Å². The summed E-state index contributed by atoms with van der Waals surface area (Å²) in [4.78, 5) is 12.7. The van der Waals surface area contributed by atoms with Gasteiger partial charge in [0.25, 0.3) is 0 Å². The Morgan fingerprint density at radius 2 is 2.00 bits per heavy atom. The van der Waals surface area contributed by atoms with Gasteiger partial charge in [-0.3, -0.25) is 4.79 Å². The first kappa shape index (κ1) is 18.2. The summed E-state index contributed by atoms with van der Waals surface area (Å²) in [6.45, 7) is 1.67. The minimum Gasteiger partial charge on any atom is -0.493 e. The summed E-state index contributed by atoms with van der Waals surface area (Å²) in [5, 5.41) is 17.4. The molecule has 0 saturated carbocycles. The summed E-state index contributed by atoms with van der Waals surface area (Å²) < 4.78 is 30.6. The van der Waals surface area contributed by atoms with Crippen LogP contribution in [0.3, 0.4) is 0 Å². The third kappa shape index (κ3) is 2.99. The molecule has 10 heteroatoms. The lowest BCUT2D eigenvalue weighted by molar-refractivity contribution is 0.103. The fourth-order valence-electron chi connectivity index (χ4n) is 2.49. The normalized spacial score (nSPS) is 11.7. The number of hydrogen-bond acceptors (Lipinski definition) is 7. The minimum atomic E-state index is -3.66. The first-order chi connectivity index (χ1) is 12.1. The maximum atomic E-state index is 12.8. The van der Waals surface area contributed by atoms with Crippen LogP contribution in [0.1, 0.15) is 21.6 Å². The lowest BCUT2D eigenvalue weighted by atomic mass is 10.0. The van der Waals surface area contributed by atoms with Crippen molar-refractivity contribution in [2.75, 3.05) is 6.26 Å². The maximum Gasteiger partial charge on any atom is 0.220 e. The van der Waals surface area contributed by atoms with Crippen molar-refractivity contribution < 1.29 is 22.8 Å². The fraction of sp³-hybridized carbons (Fsp3) is 0.188. The molecule has 1 aromatic carbocycles. The lowest BCUT2D eigenvalue weighted by Gasteiger charge is -2.11. The molecular weight excluding hydrogens is 382 g/mol. The van der Waals surface area contributed by atoms with E-state index in [0.29, 0.717) is 5.69 Å². The molecule has 0 saturated heterocycles. The topological polar surface area (TPSA) is 115 Å². The zero-order valence-electron chi connectivity index (χ0n) is 14.0.